The van der Waals surface area contributed by atoms with Crippen LogP contribution in [0.25, 0.3) is 0 Å². The molecule has 246 valence electrons. The summed E-state index contributed by atoms with van der Waals surface area (Å²) in [6.07, 6.45) is 0. The minimum absolute atomic E-state index is 0.0241. The summed E-state index contributed by atoms with van der Waals surface area (Å²) < 4.78 is 16.1. The number of hydrogen-bond donors (Lipinski definition) is 4. The van der Waals surface area contributed by atoms with Crippen molar-refractivity contribution in [1.82, 2.24) is 0 Å². The van der Waals surface area contributed by atoms with Gasteiger partial charge in [-0.15, -0.1) is 0 Å². The third-order valence-electron chi connectivity index (χ3n) is 6.35. The number of rotatable bonds is 15. The first-order valence-corrected chi connectivity index (χ1v) is 13.6. The van der Waals surface area contributed by atoms with E-state index < -0.39 is 17.8 Å². The number of aromatic carboxylic acids is 1. The fourth-order valence-electron chi connectivity index (χ4n) is 4.10. The average Bonchev–Trinajstić information content (AvgIpc) is 3.10. The van der Waals surface area contributed by atoms with E-state index in [1.807, 2.05) is 6.79 Å². The fraction of sp³-hybridized carbons (Fsp3) is 0.152. The molecule has 0 bridgehead atoms. The van der Waals surface area contributed by atoms with Gasteiger partial charge in [0, 0.05) is 22.6 Å². The molecule has 47 heavy (non-hydrogen) atoms. The number of methoxy groups -OCH3 is 1. The summed E-state index contributed by atoms with van der Waals surface area (Å²) >= 11 is 0. The van der Waals surface area contributed by atoms with E-state index in [4.69, 9.17) is 29.1 Å². The topological polar surface area (TPSA) is 188 Å². The van der Waals surface area contributed by atoms with Crippen molar-refractivity contribution in [2.45, 2.75) is 13.2 Å². The highest BCUT2D eigenvalue weighted by molar-refractivity contribution is 6.10. The van der Waals surface area contributed by atoms with Gasteiger partial charge in [-0.05, 0) is 78.4 Å². The highest BCUT2D eigenvalue weighted by Gasteiger charge is 2.18. The van der Waals surface area contributed by atoms with Crippen molar-refractivity contribution in [3.05, 3.63) is 113 Å². The van der Waals surface area contributed by atoms with E-state index in [9.17, 15) is 19.5 Å². The van der Waals surface area contributed by atoms with Crippen LogP contribution in [0.3, 0.4) is 0 Å². The number of esters is 1. The molecule has 0 atom stereocenters. The molecule has 0 spiro atoms. The van der Waals surface area contributed by atoms with Gasteiger partial charge in [0.1, 0.15) is 31.5 Å². The van der Waals surface area contributed by atoms with Crippen LogP contribution in [0.5, 0.6) is 11.5 Å². The second kappa shape index (κ2) is 18.2. The molecular weight excluding hydrogens is 616 g/mol. The van der Waals surface area contributed by atoms with Gasteiger partial charge < -0.3 is 34.7 Å². The van der Waals surface area contributed by atoms with E-state index >= 15 is 0 Å². The van der Waals surface area contributed by atoms with Crippen LogP contribution in [0, 0.1) is 0 Å². The van der Waals surface area contributed by atoms with Gasteiger partial charge in [0.05, 0.1) is 30.9 Å². The van der Waals surface area contributed by atoms with E-state index in [1.54, 1.807) is 66.7 Å². The number of anilines is 3. The predicted molar refractivity (Wildman–Crippen MR) is 168 cm³/mol. The molecule has 0 heterocycles. The number of carbonyl (C=O) groups excluding carboxylic acids is 3. The molecule has 0 aromatic heterocycles. The number of amides is 1. The highest BCUT2D eigenvalue weighted by Crippen LogP contribution is 2.26. The van der Waals surface area contributed by atoms with Crippen LogP contribution in [0.1, 0.15) is 42.2 Å². The normalized spacial score (nSPS) is 10.2. The zero-order chi connectivity index (χ0) is 34.2. The summed E-state index contributed by atoms with van der Waals surface area (Å²) in [4.78, 5) is 58.1. The van der Waals surface area contributed by atoms with E-state index in [2.05, 4.69) is 20.4 Å². The quantitative estimate of drug-likeness (QED) is 0.0551. The SMILES string of the molecule is C=O.COOCc1ccc(C(=O)O)c(C(=O)Nc2ccc(OCOc3ccc(Nc4cc(C(=O)OC)ccc4COO)cc3)cc2)c1. The second-order valence-corrected chi connectivity index (χ2v) is 9.29. The molecule has 1 amide bonds. The summed E-state index contributed by atoms with van der Waals surface area (Å²) in [5.41, 5.74) is 3.01. The predicted octanol–water partition coefficient (Wildman–Crippen LogP) is 5.47. The number of nitrogens with one attached hydrogen (secondary N) is 2. The maximum atomic E-state index is 12.9. The molecule has 0 aliphatic heterocycles. The van der Waals surface area contributed by atoms with Gasteiger partial charge >= 0.3 is 11.9 Å². The number of carboxylic acid groups (broad SMARTS) is 1. The largest absolute Gasteiger partial charge is 0.478 e. The van der Waals surface area contributed by atoms with Gasteiger partial charge in [-0.3, -0.25) is 10.1 Å². The van der Waals surface area contributed by atoms with Gasteiger partial charge in [0.15, 0.2) is 0 Å². The van der Waals surface area contributed by atoms with E-state index in [0.717, 1.165) is 0 Å². The zero-order valence-electron chi connectivity index (χ0n) is 25.4. The number of carboxylic acids is 1. The first-order chi connectivity index (χ1) is 22.8. The average molecular weight is 649 g/mol. The summed E-state index contributed by atoms with van der Waals surface area (Å²) in [7, 11) is 2.64. The van der Waals surface area contributed by atoms with Crippen LogP contribution in [0.2, 0.25) is 0 Å². The Kier molecular flexibility index (Phi) is 13.8. The molecule has 0 unspecified atom stereocenters. The summed E-state index contributed by atoms with van der Waals surface area (Å²) in [5.74, 6) is -1.33. The third-order valence-corrected chi connectivity index (χ3v) is 6.35. The Morgan fingerprint density at radius 1 is 0.766 bits per heavy atom. The Morgan fingerprint density at radius 3 is 1.98 bits per heavy atom. The molecule has 4 rings (SSSR count). The number of benzene rings is 4. The van der Waals surface area contributed by atoms with Gasteiger partial charge in [0.25, 0.3) is 5.91 Å². The fourth-order valence-corrected chi connectivity index (χ4v) is 4.10. The van der Waals surface area contributed by atoms with Gasteiger partial charge in [-0.1, -0.05) is 12.1 Å². The van der Waals surface area contributed by atoms with E-state index in [0.29, 0.717) is 45.3 Å². The molecule has 4 aromatic carbocycles. The number of ether oxygens (including phenoxy) is 3. The maximum absolute atomic E-state index is 12.9. The zero-order valence-corrected chi connectivity index (χ0v) is 25.4. The summed E-state index contributed by atoms with van der Waals surface area (Å²) in [6, 6.07) is 22.6. The Hall–Kier alpha value is -5.80. The van der Waals surface area contributed by atoms with E-state index in [1.165, 1.54) is 32.4 Å². The Bertz CT molecular complexity index is 1640. The lowest BCUT2D eigenvalue weighted by Crippen LogP contribution is -2.17. The first-order valence-electron chi connectivity index (χ1n) is 13.6. The van der Waals surface area contributed by atoms with Gasteiger partial charge in [0.2, 0.25) is 6.79 Å². The maximum Gasteiger partial charge on any atom is 0.337 e. The van der Waals surface area contributed by atoms with Gasteiger partial charge in [-0.25, -0.2) is 24.3 Å². The van der Waals surface area contributed by atoms with Gasteiger partial charge in [-0.2, -0.15) is 0 Å². The second-order valence-electron chi connectivity index (χ2n) is 9.29. The highest BCUT2D eigenvalue weighted by atomic mass is 17.2. The third kappa shape index (κ3) is 10.4. The summed E-state index contributed by atoms with van der Waals surface area (Å²) in [5, 5.41) is 24.2. The van der Waals surface area contributed by atoms with Crippen LogP contribution in [0.4, 0.5) is 17.1 Å². The Morgan fingerprint density at radius 2 is 1.40 bits per heavy atom. The summed E-state index contributed by atoms with van der Waals surface area (Å²) in [6.45, 7) is 1.86. The molecule has 0 saturated heterocycles. The van der Waals surface area contributed by atoms with Crippen molar-refractivity contribution >= 4 is 41.7 Å². The van der Waals surface area contributed by atoms with Crippen molar-refractivity contribution in [1.29, 1.82) is 0 Å². The van der Waals surface area contributed by atoms with E-state index in [-0.39, 0.29) is 31.1 Å². The monoisotopic (exact) mass is 648 g/mol. The standard InChI is InChI=1S/C32H30N2O11.CH2O/c1-40-32(38)21-4-5-22(18-44-39)29(16-21)33-23-6-10-25(11-7-23)42-19-43-26-12-8-24(9-13-26)34-30(35)28-15-20(17-45-41-2)3-14-27(28)31(36)37;1-2/h3-16,33,39H,17-19H2,1-2H3,(H,34,35)(H,36,37);1H2. The van der Waals surface area contributed by atoms with Crippen LogP contribution in [-0.2, 0) is 37.4 Å². The smallest absolute Gasteiger partial charge is 0.337 e. The molecular formula is C33H32N2O12. The molecule has 0 aliphatic rings. The molecule has 0 radical (unpaired) electrons. The van der Waals surface area contributed by atoms with Crippen molar-refractivity contribution in [3.8, 4) is 11.5 Å². The molecule has 0 fully saturated rings. The van der Waals surface area contributed by atoms with Crippen LogP contribution in [0.15, 0.2) is 84.9 Å². The molecule has 14 heteroatoms. The van der Waals surface area contributed by atoms with Crippen molar-refractivity contribution < 1.29 is 58.4 Å². The Balaban J connectivity index is 0.00000294. The van der Waals surface area contributed by atoms with Crippen molar-refractivity contribution in [2.24, 2.45) is 0 Å². The minimum Gasteiger partial charge on any atom is -0.478 e. The molecule has 0 saturated carbocycles. The molecule has 0 aliphatic carbocycles. The minimum atomic E-state index is -1.23. The molecule has 4 N–H and O–H groups in total. The Labute approximate surface area is 269 Å². The molecule has 4 aromatic rings. The molecule has 14 nitrogen and oxygen atoms in total. The lowest BCUT2D eigenvalue weighted by molar-refractivity contribution is -0.282. The van der Waals surface area contributed by atoms with Crippen LogP contribution < -0.4 is 20.1 Å². The lowest BCUT2D eigenvalue weighted by Gasteiger charge is -2.14. The lowest BCUT2D eigenvalue weighted by atomic mass is 10.0. The van der Waals surface area contributed by atoms with Crippen LogP contribution >= 0.6 is 0 Å². The number of carbonyl (C=O) groups is 4. The van der Waals surface area contributed by atoms with Crippen molar-refractivity contribution in [2.75, 3.05) is 31.6 Å². The first kappa shape index (κ1) is 35.7. The number of hydrogen-bond acceptors (Lipinski definition) is 12. The van der Waals surface area contributed by atoms with Crippen molar-refractivity contribution in [3.63, 3.8) is 0 Å². The van der Waals surface area contributed by atoms with Crippen LogP contribution in [-0.4, -0.2) is 56.0 Å².